The van der Waals surface area contributed by atoms with Gasteiger partial charge >= 0.3 is 0 Å². The number of allylic oxidation sites excluding steroid dienone is 2. The summed E-state index contributed by atoms with van der Waals surface area (Å²) in [5, 5.41) is 0. The minimum Gasteiger partial charge on any atom is -0.344 e. The maximum atomic E-state index is 13.3. The van der Waals surface area contributed by atoms with Gasteiger partial charge in [0.15, 0.2) is 0 Å². The standard InChI is InChI=1S/C29H29N3O2S3/c1-6-31-21-14-13-19(18-11-9-8-10-12-18)17-20(21)29(3,4)23(31)16-15-22-25(33)32(7-2)27(36-22)24-26(34)30(5)28(35)37-24/h8-17H,6-7H2,1-5H3/b22-15-,23-16+,27-24-. The second-order valence-corrected chi connectivity index (χ2v) is 12.2. The molecule has 1 aromatic heterocycles. The van der Waals surface area contributed by atoms with Gasteiger partial charge in [0.25, 0.3) is 11.5 Å². The molecule has 3 heterocycles. The van der Waals surface area contributed by atoms with Crippen molar-refractivity contribution in [2.45, 2.75) is 39.7 Å². The van der Waals surface area contributed by atoms with Gasteiger partial charge in [0, 0.05) is 36.9 Å². The van der Waals surface area contributed by atoms with Crippen LogP contribution >= 0.6 is 35.3 Å². The molecule has 5 rings (SSSR count). The number of thiocarbonyl (C=S) groups is 1. The Hall–Kier alpha value is -2.94. The number of thiazole rings is 1. The number of hydrogen-bond acceptors (Lipinski definition) is 6. The zero-order valence-electron chi connectivity index (χ0n) is 21.6. The topological polar surface area (TPSA) is 45.5 Å². The average Bonchev–Trinajstić information content (AvgIpc) is 3.44. The Morgan fingerprint density at radius 2 is 1.70 bits per heavy atom. The van der Waals surface area contributed by atoms with Crippen molar-refractivity contribution in [3.05, 3.63) is 85.4 Å². The minimum atomic E-state index is -0.239. The first-order valence-electron chi connectivity index (χ1n) is 12.3. The lowest BCUT2D eigenvalue weighted by atomic mass is 9.82. The normalized spacial score (nSPS) is 19.9. The van der Waals surface area contributed by atoms with Crippen molar-refractivity contribution >= 4 is 62.2 Å². The van der Waals surface area contributed by atoms with E-state index in [4.69, 9.17) is 12.2 Å². The van der Waals surface area contributed by atoms with Gasteiger partial charge in [0.05, 0.1) is 4.53 Å². The Kier molecular flexibility index (Phi) is 6.77. The third kappa shape index (κ3) is 4.21. The van der Waals surface area contributed by atoms with E-state index in [0.29, 0.717) is 25.0 Å². The van der Waals surface area contributed by atoms with E-state index in [1.165, 1.54) is 50.4 Å². The number of aromatic nitrogens is 1. The van der Waals surface area contributed by atoms with Crippen molar-refractivity contribution in [2.24, 2.45) is 0 Å². The van der Waals surface area contributed by atoms with Crippen LogP contribution in [0.3, 0.4) is 0 Å². The van der Waals surface area contributed by atoms with E-state index in [2.05, 4.69) is 74.2 Å². The summed E-state index contributed by atoms with van der Waals surface area (Å²) >= 11 is 7.93. The van der Waals surface area contributed by atoms with E-state index in [9.17, 15) is 9.59 Å². The van der Waals surface area contributed by atoms with Crippen LogP contribution in [0.1, 0.15) is 33.3 Å². The molecule has 0 radical (unpaired) electrons. The molecule has 8 heteroatoms. The SMILES string of the molecule is CCN1/C(=C/C=c2\s/c(=C3\SC(=S)N(C)C3=O)n(CC)c2=O)C(C)(C)c2cc(-c3ccccc3)ccc21. The Labute approximate surface area is 230 Å². The monoisotopic (exact) mass is 547 g/mol. The molecular weight excluding hydrogens is 519 g/mol. The van der Waals surface area contributed by atoms with Crippen molar-refractivity contribution in [3.63, 3.8) is 0 Å². The second kappa shape index (κ2) is 9.74. The van der Waals surface area contributed by atoms with Gasteiger partial charge in [-0.15, -0.1) is 11.3 Å². The van der Waals surface area contributed by atoms with Crippen LogP contribution in [-0.4, -0.2) is 33.3 Å². The van der Waals surface area contributed by atoms with Crippen LogP contribution in [0.5, 0.6) is 0 Å². The summed E-state index contributed by atoms with van der Waals surface area (Å²) in [5.74, 6) is -0.151. The molecule has 1 amide bonds. The van der Waals surface area contributed by atoms with E-state index in [0.717, 1.165) is 12.2 Å². The largest absolute Gasteiger partial charge is 0.344 e. The summed E-state index contributed by atoms with van der Waals surface area (Å²) in [6, 6.07) is 17.1. The smallest absolute Gasteiger partial charge is 0.269 e. The van der Waals surface area contributed by atoms with Gasteiger partial charge in [-0.25, -0.2) is 0 Å². The zero-order valence-corrected chi connectivity index (χ0v) is 24.0. The van der Waals surface area contributed by atoms with Crippen LogP contribution in [0.4, 0.5) is 5.69 Å². The number of thioether (sulfide) groups is 1. The fourth-order valence-electron chi connectivity index (χ4n) is 5.04. The molecule has 0 bridgehead atoms. The van der Waals surface area contributed by atoms with Crippen molar-refractivity contribution in [2.75, 3.05) is 18.5 Å². The van der Waals surface area contributed by atoms with Crippen molar-refractivity contribution in [1.82, 2.24) is 9.47 Å². The van der Waals surface area contributed by atoms with Gasteiger partial charge in [-0.1, -0.05) is 74.2 Å². The van der Waals surface area contributed by atoms with Gasteiger partial charge in [-0.05, 0) is 54.8 Å². The molecule has 0 unspecified atom stereocenters. The van der Waals surface area contributed by atoms with Crippen molar-refractivity contribution in [1.29, 1.82) is 0 Å². The van der Waals surface area contributed by atoms with Gasteiger partial charge < -0.3 is 4.90 Å². The molecule has 37 heavy (non-hydrogen) atoms. The highest BCUT2D eigenvalue weighted by atomic mass is 32.2. The number of amides is 1. The van der Waals surface area contributed by atoms with Crippen molar-refractivity contribution in [3.8, 4) is 11.1 Å². The Morgan fingerprint density at radius 1 is 0.973 bits per heavy atom. The summed E-state index contributed by atoms with van der Waals surface area (Å²) in [5.41, 5.74) is 5.69. The predicted octanol–water partition coefficient (Wildman–Crippen LogP) is 4.68. The first-order chi connectivity index (χ1) is 17.7. The van der Waals surface area contributed by atoms with E-state index < -0.39 is 0 Å². The molecule has 3 aromatic rings. The first-order valence-corrected chi connectivity index (χ1v) is 14.4. The number of carbonyl (C=O) groups is 1. The molecule has 2 aliphatic rings. The van der Waals surface area contributed by atoms with Gasteiger partial charge in [-0.2, -0.15) is 0 Å². The van der Waals surface area contributed by atoms with Gasteiger partial charge in [0.2, 0.25) is 0 Å². The number of nitrogens with zero attached hydrogens (tertiary/aromatic N) is 3. The van der Waals surface area contributed by atoms with Crippen molar-refractivity contribution < 1.29 is 4.79 Å². The third-order valence-electron chi connectivity index (χ3n) is 7.09. The van der Waals surface area contributed by atoms with Crippen LogP contribution in [-0.2, 0) is 16.8 Å². The second-order valence-electron chi connectivity index (χ2n) is 9.57. The molecule has 0 aliphatic carbocycles. The van der Waals surface area contributed by atoms with E-state index in [1.54, 1.807) is 11.6 Å². The number of anilines is 1. The third-order valence-corrected chi connectivity index (χ3v) is 9.91. The maximum absolute atomic E-state index is 13.3. The lowest BCUT2D eigenvalue weighted by Gasteiger charge is -2.25. The lowest BCUT2D eigenvalue weighted by molar-refractivity contribution is -0.119. The molecule has 1 fully saturated rings. The molecule has 0 N–H and O–H groups in total. The molecule has 0 saturated carbocycles. The summed E-state index contributed by atoms with van der Waals surface area (Å²) < 4.78 is 3.47. The molecular formula is C29H29N3O2S3. The number of carbonyl (C=O) groups excluding carboxylic acids is 1. The maximum Gasteiger partial charge on any atom is 0.269 e. The number of benzene rings is 2. The van der Waals surface area contributed by atoms with Crippen LogP contribution in [0, 0.1) is 0 Å². The van der Waals surface area contributed by atoms with Crippen LogP contribution in [0.25, 0.3) is 22.1 Å². The lowest BCUT2D eigenvalue weighted by Crippen LogP contribution is -2.32. The van der Waals surface area contributed by atoms with E-state index in [-0.39, 0.29) is 16.9 Å². The molecule has 0 atom stereocenters. The Morgan fingerprint density at radius 3 is 2.32 bits per heavy atom. The number of likely N-dealkylation sites (N-methyl/N-ethyl adjacent to an activating group) is 1. The highest BCUT2D eigenvalue weighted by Crippen LogP contribution is 2.48. The summed E-state index contributed by atoms with van der Waals surface area (Å²) in [7, 11) is 1.67. The summed E-state index contributed by atoms with van der Waals surface area (Å²) in [6.07, 6.45) is 3.99. The fraction of sp³-hybridized carbons (Fsp3) is 0.276. The van der Waals surface area contributed by atoms with Crippen LogP contribution in [0.15, 0.2) is 65.1 Å². The van der Waals surface area contributed by atoms with Crippen LogP contribution in [0.2, 0.25) is 0 Å². The number of fused-ring (bicyclic) bond motifs is 1. The molecule has 190 valence electrons. The molecule has 0 spiro atoms. The first kappa shape index (κ1) is 25.7. The zero-order chi connectivity index (χ0) is 26.5. The van der Waals surface area contributed by atoms with Crippen LogP contribution < -0.4 is 19.7 Å². The molecule has 2 aliphatic heterocycles. The number of rotatable bonds is 4. The van der Waals surface area contributed by atoms with E-state index >= 15 is 0 Å². The Balaban J connectivity index is 1.63. The number of hydrogen-bond donors (Lipinski definition) is 0. The summed E-state index contributed by atoms with van der Waals surface area (Å²) in [6.45, 7) is 9.86. The highest BCUT2D eigenvalue weighted by molar-refractivity contribution is 8.30. The molecule has 1 saturated heterocycles. The Bertz CT molecular complexity index is 1630. The average molecular weight is 548 g/mol. The minimum absolute atomic E-state index is 0.0801. The predicted molar refractivity (Wildman–Crippen MR) is 160 cm³/mol. The van der Waals surface area contributed by atoms with E-state index in [1.807, 2.05) is 19.1 Å². The summed E-state index contributed by atoms with van der Waals surface area (Å²) in [4.78, 5) is 30.4. The van der Waals surface area contributed by atoms with Gasteiger partial charge in [0.1, 0.15) is 13.9 Å². The fourth-order valence-corrected chi connectivity index (χ4v) is 7.48. The van der Waals surface area contributed by atoms with Gasteiger partial charge in [-0.3, -0.25) is 19.1 Å². The quantitative estimate of drug-likeness (QED) is 0.444. The highest BCUT2D eigenvalue weighted by Gasteiger charge is 2.39. The molecule has 5 nitrogen and oxygen atoms in total. The molecule has 2 aromatic carbocycles.